The Labute approximate surface area is 173 Å². The van der Waals surface area contributed by atoms with E-state index in [9.17, 15) is 4.79 Å². The van der Waals surface area contributed by atoms with Crippen molar-refractivity contribution in [3.8, 4) is 5.75 Å². The number of nitrogens with zero attached hydrogens (tertiary/aromatic N) is 4. The van der Waals surface area contributed by atoms with Crippen LogP contribution in [0.25, 0.3) is 0 Å². The highest BCUT2D eigenvalue weighted by Gasteiger charge is 2.28. The Bertz CT molecular complexity index is 986. The minimum absolute atomic E-state index is 0.0535. The minimum Gasteiger partial charge on any atom is -0.492 e. The summed E-state index contributed by atoms with van der Waals surface area (Å²) in [5.41, 5.74) is 2.27. The first-order valence-corrected chi connectivity index (χ1v) is 9.80. The largest absolute Gasteiger partial charge is 0.492 e. The highest BCUT2D eigenvalue weighted by Crippen LogP contribution is 2.24. The van der Waals surface area contributed by atoms with E-state index in [0.29, 0.717) is 49.2 Å². The number of benzene rings is 1. The van der Waals surface area contributed by atoms with Crippen LogP contribution in [0.3, 0.4) is 0 Å². The number of hydrogen-bond donors (Lipinski definition) is 1. The van der Waals surface area contributed by atoms with E-state index < -0.39 is 0 Å². The lowest BCUT2D eigenvalue weighted by Gasteiger charge is -2.32. The Morgan fingerprint density at radius 3 is 3.03 bits per heavy atom. The fraction of sp³-hybridized carbons (Fsp3) is 0.350. The van der Waals surface area contributed by atoms with Gasteiger partial charge in [0, 0.05) is 31.9 Å². The molecule has 3 aromatic rings. The van der Waals surface area contributed by atoms with E-state index in [1.165, 1.54) is 0 Å². The van der Waals surface area contributed by atoms with Gasteiger partial charge in [-0.1, -0.05) is 23.7 Å². The molecule has 0 bridgehead atoms. The SMILES string of the molecule is Cn1nccc1C(=O)N1CCO[C@H](c2cc(CCOc3ccccc3Cl)[nH]n2)C1. The molecular formula is C20H22ClN5O3. The summed E-state index contributed by atoms with van der Waals surface area (Å²) in [5, 5.41) is 12.1. The van der Waals surface area contributed by atoms with Crippen LogP contribution in [0.2, 0.25) is 5.02 Å². The summed E-state index contributed by atoms with van der Waals surface area (Å²) in [7, 11) is 1.76. The van der Waals surface area contributed by atoms with Crippen LogP contribution in [0.15, 0.2) is 42.6 Å². The standard InChI is InChI=1S/C20H22ClN5O3/c1-25-17(6-8-22-25)20(27)26-9-11-29-19(13-26)16-12-14(23-24-16)7-10-28-18-5-3-2-4-15(18)21/h2-6,8,12,19H,7,9-11,13H2,1H3,(H,23,24)/t19-/m0/s1. The molecule has 9 heteroatoms. The van der Waals surface area contributed by atoms with Crippen molar-refractivity contribution in [3.63, 3.8) is 0 Å². The second-order valence-corrected chi connectivity index (χ2v) is 7.20. The van der Waals surface area contributed by atoms with E-state index in [-0.39, 0.29) is 12.0 Å². The van der Waals surface area contributed by atoms with Crippen LogP contribution < -0.4 is 4.74 Å². The fourth-order valence-electron chi connectivity index (χ4n) is 3.26. The maximum Gasteiger partial charge on any atom is 0.272 e. The molecule has 0 saturated carbocycles. The maximum atomic E-state index is 12.7. The number of para-hydroxylation sites is 1. The monoisotopic (exact) mass is 415 g/mol. The van der Waals surface area contributed by atoms with Gasteiger partial charge in [-0.15, -0.1) is 0 Å². The topological polar surface area (TPSA) is 85.3 Å². The van der Waals surface area contributed by atoms with E-state index in [4.69, 9.17) is 21.1 Å². The number of morpholine rings is 1. The van der Waals surface area contributed by atoms with Gasteiger partial charge in [-0.05, 0) is 24.3 Å². The molecule has 0 spiro atoms. The number of carbonyl (C=O) groups excluding carboxylic acids is 1. The van der Waals surface area contributed by atoms with Gasteiger partial charge in [0.15, 0.2) is 0 Å². The van der Waals surface area contributed by atoms with Crippen molar-refractivity contribution < 1.29 is 14.3 Å². The third kappa shape index (κ3) is 4.44. The second kappa shape index (κ2) is 8.67. The molecular weight excluding hydrogens is 394 g/mol. The highest BCUT2D eigenvalue weighted by molar-refractivity contribution is 6.32. The molecule has 1 amide bonds. The number of hydrogen-bond acceptors (Lipinski definition) is 5. The first kappa shape index (κ1) is 19.5. The number of H-pyrrole nitrogens is 1. The van der Waals surface area contributed by atoms with Gasteiger partial charge >= 0.3 is 0 Å². The van der Waals surface area contributed by atoms with Crippen molar-refractivity contribution >= 4 is 17.5 Å². The van der Waals surface area contributed by atoms with Crippen LogP contribution in [0, 0.1) is 0 Å². The minimum atomic E-state index is -0.268. The Balaban J connectivity index is 1.34. The summed E-state index contributed by atoms with van der Waals surface area (Å²) >= 11 is 6.10. The number of amides is 1. The molecule has 2 aromatic heterocycles. The average molecular weight is 416 g/mol. The van der Waals surface area contributed by atoms with Crippen LogP contribution in [-0.4, -0.2) is 57.1 Å². The fourth-order valence-corrected chi connectivity index (χ4v) is 3.45. The zero-order chi connectivity index (χ0) is 20.2. The number of ether oxygens (including phenoxy) is 2. The average Bonchev–Trinajstić information content (AvgIpc) is 3.38. The van der Waals surface area contributed by atoms with Crippen LogP contribution in [0.5, 0.6) is 5.75 Å². The van der Waals surface area contributed by atoms with Crippen molar-refractivity contribution in [1.29, 1.82) is 0 Å². The lowest BCUT2D eigenvalue weighted by atomic mass is 10.1. The molecule has 1 saturated heterocycles. The molecule has 8 nitrogen and oxygen atoms in total. The number of nitrogens with one attached hydrogen (secondary N) is 1. The summed E-state index contributed by atoms with van der Waals surface area (Å²) < 4.78 is 13.2. The lowest BCUT2D eigenvalue weighted by Crippen LogP contribution is -2.43. The van der Waals surface area contributed by atoms with Gasteiger partial charge in [0.2, 0.25) is 0 Å². The number of aromatic nitrogens is 4. The van der Waals surface area contributed by atoms with Gasteiger partial charge in [-0.3, -0.25) is 14.6 Å². The van der Waals surface area contributed by atoms with E-state index in [1.54, 1.807) is 35.0 Å². The van der Waals surface area contributed by atoms with Gasteiger partial charge < -0.3 is 14.4 Å². The van der Waals surface area contributed by atoms with Crippen molar-refractivity contribution in [2.75, 3.05) is 26.3 Å². The zero-order valence-corrected chi connectivity index (χ0v) is 16.8. The van der Waals surface area contributed by atoms with Crippen LogP contribution in [0.1, 0.15) is 28.0 Å². The summed E-state index contributed by atoms with van der Waals surface area (Å²) in [6.07, 6.45) is 2.01. The first-order valence-electron chi connectivity index (χ1n) is 9.42. The Kier molecular flexibility index (Phi) is 5.82. The second-order valence-electron chi connectivity index (χ2n) is 6.80. The summed E-state index contributed by atoms with van der Waals surface area (Å²) in [5.74, 6) is 0.607. The molecule has 0 unspecified atom stereocenters. The van der Waals surface area contributed by atoms with Crippen LogP contribution >= 0.6 is 11.6 Å². The van der Waals surface area contributed by atoms with Crippen molar-refractivity contribution in [3.05, 3.63) is 64.7 Å². The number of aryl methyl sites for hydroxylation is 1. The first-order chi connectivity index (χ1) is 14.1. The molecule has 0 radical (unpaired) electrons. The van der Waals surface area contributed by atoms with Crippen molar-refractivity contribution in [2.45, 2.75) is 12.5 Å². The zero-order valence-electron chi connectivity index (χ0n) is 16.0. The normalized spacial score (nSPS) is 16.8. The molecule has 1 aliphatic heterocycles. The highest BCUT2D eigenvalue weighted by atomic mass is 35.5. The summed E-state index contributed by atoms with van der Waals surface area (Å²) in [6, 6.07) is 11.1. The number of aromatic amines is 1. The molecule has 1 aromatic carbocycles. The maximum absolute atomic E-state index is 12.7. The van der Waals surface area contributed by atoms with E-state index in [2.05, 4.69) is 15.3 Å². The molecule has 152 valence electrons. The van der Waals surface area contributed by atoms with Gasteiger partial charge in [-0.25, -0.2) is 0 Å². The summed E-state index contributed by atoms with van der Waals surface area (Å²) in [6.45, 7) is 1.93. The molecule has 29 heavy (non-hydrogen) atoms. The number of halogens is 1. The molecule has 1 N–H and O–H groups in total. The van der Waals surface area contributed by atoms with E-state index in [0.717, 1.165) is 11.4 Å². The van der Waals surface area contributed by atoms with Gasteiger partial charge in [0.1, 0.15) is 17.5 Å². The van der Waals surface area contributed by atoms with Crippen LogP contribution in [0.4, 0.5) is 0 Å². The quantitative estimate of drug-likeness (QED) is 0.669. The third-order valence-electron chi connectivity index (χ3n) is 4.84. The molecule has 3 heterocycles. The Hall–Kier alpha value is -2.84. The Morgan fingerprint density at radius 1 is 1.38 bits per heavy atom. The van der Waals surface area contributed by atoms with Crippen LogP contribution in [-0.2, 0) is 18.2 Å². The summed E-state index contributed by atoms with van der Waals surface area (Å²) in [4.78, 5) is 14.5. The predicted octanol–water partition coefficient (Wildman–Crippen LogP) is 2.63. The number of rotatable bonds is 6. The molecule has 1 aliphatic rings. The third-order valence-corrected chi connectivity index (χ3v) is 5.15. The van der Waals surface area contributed by atoms with Crippen molar-refractivity contribution in [1.82, 2.24) is 24.9 Å². The van der Waals surface area contributed by atoms with Gasteiger partial charge in [-0.2, -0.15) is 10.2 Å². The predicted molar refractivity (Wildman–Crippen MR) is 107 cm³/mol. The van der Waals surface area contributed by atoms with Gasteiger partial charge in [0.25, 0.3) is 5.91 Å². The van der Waals surface area contributed by atoms with Crippen molar-refractivity contribution in [2.24, 2.45) is 7.05 Å². The molecule has 1 atom stereocenters. The molecule has 0 aliphatic carbocycles. The molecule has 1 fully saturated rings. The number of carbonyl (C=O) groups is 1. The molecule has 4 rings (SSSR count). The Morgan fingerprint density at radius 2 is 2.24 bits per heavy atom. The van der Waals surface area contributed by atoms with E-state index in [1.807, 2.05) is 24.3 Å². The van der Waals surface area contributed by atoms with Gasteiger partial charge in [0.05, 0.1) is 30.5 Å². The lowest BCUT2D eigenvalue weighted by molar-refractivity contribution is -0.0250. The van der Waals surface area contributed by atoms with E-state index >= 15 is 0 Å². The smallest absolute Gasteiger partial charge is 0.272 e.